The number of nitrogens with one attached hydrogen (secondary N) is 1. The maximum absolute atomic E-state index is 5.97. The maximum Gasteiger partial charge on any atom is 0.133 e. The highest BCUT2D eigenvalue weighted by Gasteiger charge is 2.08. The first kappa shape index (κ1) is 16.5. The molecule has 0 fully saturated rings. The highest BCUT2D eigenvalue weighted by molar-refractivity contribution is 9.10. The molecule has 0 amide bonds. The highest BCUT2D eigenvalue weighted by Crippen LogP contribution is 2.27. The van der Waals surface area contributed by atoms with Gasteiger partial charge in [0, 0.05) is 6.54 Å². The lowest BCUT2D eigenvalue weighted by atomic mass is 10.2. The van der Waals surface area contributed by atoms with Gasteiger partial charge in [0.25, 0.3) is 0 Å². The third kappa shape index (κ3) is 5.96. The molecule has 0 saturated heterocycles. The lowest BCUT2D eigenvalue weighted by molar-refractivity contribution is 0.191. The lowest BCUT2D eigenvalue weighted by Crippen LogP contribution is -2.19. The summed E-state index contributed by atoms with van der Waals surface area (Å²) in [7, 11) is 0. The fraction of sp³-hybridized carbons (Fsp3) is 0.625. The molecule has 0 radical (unpaired) electrons. The normalized spacial score (nSPS) is 11.3. The van der Waals surface area contributed by atoms with E-state index in [1.165, 1.54) is 5.56 Å². The van der Waals surface area contributed by atoms with Gasteiger partial charge in [-0.15, -0.1) is 0 Å². The quantitative estimate of drug-likeness (QED) is 0.743. The molecule has 0 heterocycles. The van der Waals surface area contributed by atoms with Gasteiger partial charge in [0.05, 0.1) is 10.6 Å². The summed E-state index contributed by atoms with van der Waals surface area (Å²) < 4.78 is 7.02. The van der Waals surface area contributed by atoms with E-state index in [1.54, 1.807) is 0 Å². The molecule has 0 aliphatic rings. The second kappa shape index (κ2) is 8.60. The predicted molar refractivity (Wildman–Crippen MR) is 85.7 cm³/mol. The molecule has 1 aromatic rings. The Morgan fingerprint density at radius 1 is 1.21 bits per heavy atom. The van der Waals surface area contributed by atoms with Crippen molar-refractivity contribution in [1.82, 2.24) is 5.32 Å². The first-order valence-electron chi connectivity index (χ1n) is 7.22. The minimum absolute atomic E-state index is 0.307. The third-order valence-corrected chi connectivity index (χ3v) is 3.70. The Kier molecular flexibility index (Phi) is 7.47. The van der Waals surface area contributed by atoms with Crippen molar-refractivity contribution in [2.75, 3.05) is 6.54 Å². The Morgan fingerprint density at radius 2 is 1.89 bits per heavy atom. The average Bonchev–Trinajstić information content (AvgIpc) is 2.37. The van der Waals surface area contributed by atoms with Gasteiger partial charge in [0.2, 0.25) is 0 Å². The van der Waals surface area contributed by atoms with Gasteiger partial charge in [-0.3, -0.25) is 0 Å². The molecule has 0 aliphatic heterocycles. The summed E-state index contributed by atoms with van der Waals surface area (Å²) in [4.78, 5) is 0. The van der Waals surface area contributed by atoms with E-state index in [2.05, 4.69) is 67.1 Å². The standard InChI is InChI=1S/C16H26BrNO/c1-5-14(6-2)19-16-8-7-13(9-15(16)17)11-18-10-12(3)4/h7-9,12,14,18H,5-6,10-11H2,1-4H3. The van der Waals surface area contributed by atoms with Crippen LogP contribution >= 0.6 is 15.9 Å². The molecule has 0 spiro atoms. The van der Waals surface area contributed by atoms with Crippen LogP contribution in [-0.2, 0) is 6.54 Å². The van der Waals surface area contributed by atoms with Gasteiger partial charge in [0.1, 0.15) is 5.75 Å². The van der Waals surface area contributed by atoms with Crippen LogP contribution < -0.4 is 10.1 Å². The first-order chi connectivity index (χ1) is 9.06. The number of ether oxygens (including phenoxy) is 1. The molecule has 19 heavy (non-hydrogen) atoms. The predicted octanol–water partition coefficient (Wildman–Crippen LogP) is 4.76. The molecule has 3 heteroatoms. The van der Waals surface area contributed by atoms with Crippen molar-refractivity contribution in [1.29, 1.82) is 0 Å². The van der Waals surface area contributed by atoms with Crippen LogP contribution in [-0.4, -0.2) is 12.6 Å². The minimum atomic E-state index is 0.307. The fourth-order valence-corrected chi connectivity index (χ4v) is 2.41. The van der Waals surface area contributed by atoms with Crippen molar-refractivity contribution in [2.45, 2.75) is 53.2 Å². The summed E-state index contributed by atoms with van der Waals surface area (Å²) in [5.74, 6) is 1.63. The van der Waals surface area contributed by atoms with Crippen molar-refractivity contribution >= 4 is 15.9 Å². The van der Waals surface area contributed by atoms with Gasteiger partial charge in [-0.25, -0.2) is 0 Å². The molecule has 0 atom stereocenters. The van der Waals surface area contributed by atoms with Crippen LogP contribution in [0.3, 0.4) is 0 Å². The summed E-state index contributed by atoms with van der Waals surface area (Å²) in [6.45, 7) is 10.7. The molecule has 1 rings (SSSR count). The van der Waals surface area contributed by atoms with E-state index in [0.717, 1.165) is 36.2 Å². The van der Waals surface area contributed by atoms with Gasteiger partial charge < -0.3 is 10.1 Å². The van der Waals surface area contributed by atoms with Gasteiger partial charge >= 0.3 is 0 Å². The van der Waals surface area contributed by atoms with E-state index in [0.29, 0.717) is 12.0 Å². The summed E-state index contributed by atoms with van der Waals surface area (Å²) in [5.41, 5.74) is 1.28. The van der Waals surface area contributed by atoms with E-state index in [1.807, 2.05) is 0 Å². The van der Waals surface area contributed by atoms with Gasteiger partial charge in [-0.1, -0.05) is 33.8 Å². The minimum Gasteiger partial charge on any atom is -0.489 e. The van der Waals surface area contributed by atoms with E-state index in [4.69, 9.17) is 4.74 Å². The number of hydrogen-bond acceptors (Lipinski definition) is 2. The topological polar surface area (TPSA) is 21.3 Å². The van der Waals surface area contributed by atoms with Crippen molar-refractivity contribution in [2.24, 2.45) is 5.92 Å². The second-order valence-corrected chi connectivity index (χ2v) is 6.20. The summed E-state index contributed by atoms with van der Waals surface area (Å²) >= 11 is 3.60. The Hall–Kier alpha value is -0.540. The van der Waals surface area contributed by atoms with E-state index < -0.39 is 0 Å². The first-order valence-corrected chi connectivity index (χ1v) is 8.01. The van der Waals surface area contributed by atoms with Crippen molar-refractivity contribution in [3.8, 4) is 5.75 Å². The number of halogens is 1. The van der Waals surface area contributed by atoms with Crippen LogP contribution in [0.4, 0.5) is 0 Å². The van der Waals surface area contributed by atoms with Gasteiger partial charge in [-0.2, -0.15) is 0 Å². The summed E-state index contributed by atoms with van der Waals surface area (Å²) in [5, 5.41) is 3.45. The van der Waals surface area contributed by atoms with Crippen molar-refractivity contribution < 1.29 is 4.74 Å². The molecule has 1 N–H and O–H groups in total. The van der Waals surface area contributed by atoms with Crippen LogP contribution in [0.5, 0.6) is 5.75 Å². The zero-order valence-electron chi connectivity index (χ0n) is 12.5. The Morgan fingerprint density at radius 3 is 2.42 bits per heavy atom. The number of rotatable bonds is 8. The molecule has 0 aliphatic carbocycles. The molecule has 0 saturated carbocycles. The second-order valence-electron chi connectivity index (χ2n) is 5.35. The molecule has 1 aromatic carbocycles. The zero-order valence-corrected chi connectivity index (χ0v) is 14.1. The van der Waals surface area contributed by atoms with E-state index in [9.17, 15) is 0 Å². The van der Waals surface area contributed by atoms with Crippen LogP contribution in [0, 0.1) is 5.92 Å². The van der Waals surface area contributed by atoms with Crippen LogP contribution in [0.15, 0.2) is 22.7 Å². The lowest BCUT2D eigenvalue weighted by Gasteiger charge is -2.17. The zero-order chi connectivity index (χ0) is 14.3. The molecular weight excluding hydrogens is 302 g/mol. The summed E-state index contributed by atoms with van der Waals surface area (Å²) in [6, 6.07) is 6.34. The van der Waals surface area contributed by atoms with Crippen LogP contribution in [0.25, 0.3) is 0 Å². The van der Waals surface area contributed by atoms with Gasteiger partial charge in [0.15, 0.2) is 0 Å². The molecule has 0 bridgehead atoms. The van der Waals surface area contributed by atoms with Crippen molar-refractivity contribution in [3.63, 3.8) is 0 Å². The number of benzene rings is 1. The third-order valence-electron chi connectivity index (χ3n) is 3.08. The summed E-state index contributed by atoms with van der Waals surface area (Å²) in [6.07, 6.45) is 2.39. The van der Waals surface area contributed by atoms with E-state index in [-0.39, 0.29) is 0 Å². The maximum atomic E-state index is 5.97. The van der Waals surface area contributed by atoms with Crippen LogP contribution in [0.1, 0.15) is 46.1 Å². The largest absolute Gasteiger partial charge is 0.489 e. The molecule has 2 nitrogen and oxygen atoms in total. The molecular formula is C16H26BrNO. The number of hydrogen-bond donors (Lipinski definition) is 1. The smallest absolute Gasteiger partial charge is 0.133 e. The van der Waals surface area contributed by atoms with Gasteiger partial charge in [-0.05, 0) is 58.9 Å². The Bertz CT molecular complexity index is 375. The fourth-order valence-electron chi connectivity index (χ4n) is 1.89. The highest BCUT2D eigenvalue weighted by atomic mass is 79.9. The Labute approximate surface area is 126 Å². The molecule has 0 aromatic heterocycles. The van der Waals surface area contributed by atoms with Crippen molar-refractivity contribution in [3.05, 3.63) is 28.2 Å². The van der Waals surface area contributed by atoms with E-state index >= 15 is 0 Å². The Balaban J connectivity index is 2.58. The monoisotopic (exact) mass is 327 g/mol. The average molecular weight is 328 g/mol. The molecule has 0 unspecified atom stereocenters. The SMILES string of the molecule is CCC(CC)Oc1ccc(CNCC(C)C)cc1Br. The van der Waals surface area contributed by atoms with Crippen LogP contribution in [0.2, 0.25) is 0 Å². The molecule has 108 valence electrons.